The Morgan fingerprint density at radius 2 is 2.00 bits per heavy atom. The molecule has 0 bridgehead atoms. The van der Waals surface area contributed by atoms with Gasteiger partial charge in [-0.15, -0.1) is 0 Å². The molecule has 0 saturated carbocycles. The number of hydrogen-bond donors (Lipinski definition) is 1. The Bertz CT molecular complexity index is 623. The largest absolute Gasteiger partial charge is 0.488 e. The van der Waals surface area contributed by atoms with Crippen molar-refractivity contribution < 1.29 is 14.3 Å². The summed E-state index contributed by atoms with van der Waals surface area (Å²) < 4.78 is 5.62. The Kier molecular flexibility index (Phi) is 4.50. The van der Waals surface area contributed by atoms with Crippen molar-refractivity contribution in [3.8, 4) is 5.75 Å². The lowest BCUT2D eigenvalue weighted by molar-refractivity contribution is 0.0962. The van der Waals surface area contributed by atoms with Gasteiger partial charge in [-0.25, -0.2) is 0 Å². The third-order valence-electron chi connectivity index (χ3n) is 2.86. The molecule has 0 aliphatic carbocycles. The molecular weight excluding hydrogens is 254 g/mol. The Morgan fingerprint density at radius 3 is 2.75 bits per heavy atom. The van der Waals surface area contributed by atoms with E-state index in [4.69, 9.17) is 4.74 Å². The Balaban J connectivity index is 2.11. The highest BCUT2D eigenvalue weighted by Gasteiger charge is 2.05. The quantitative estimate of drug-likeness (QED) is 0.848. The number of aldehydes is 1. The van der Waals surface area contributed by atoms with Crippen molar-refractivity contribution in [3.05, 3.63) is 65.2 Å². The Morgan fingerprint density at radius 1 is 1.20 bits per heavy atom. The summed E-state index contributed by atoms with van der Waals surface area (Å²) >= 11 is 0. The summed E-state index contributed by atoms with van der Waals surface area (Å²) in [5.41, 5.74) is 1.96. The molecule has 0 heterocycles. The van der Waals surface area contributed by atoms with Crippen molar-refractivity contribution in [2.75, 3.05) is 7.05 Å². The molecule has 1 amide bonds. The molecule has 0 unspecified atom stereocenters. The number of nitrogens with one attached hydrogen (secondary N) is 1. The number of benzene rings is 2. The van der Waals surface area contributed by atoms with E-state index in [1.807, 2.05) is 12.1 Å². The topological polar surface area (TPSA) is 55.4 Å². The number of para-hydroxylation sites is 1. The fourth-order valence-corrected chi connectivity index (χ4v) is 1.82. The first kappa shape index (κ1) is 13.8. The second-order valence-electron chi connectivity index (χ2n) is 4.22. The zero-order chi connectivity index (χ0) is 14.4. The number of carbonyl (C=O) groups excluding carboxylic acids is 2. The van der Waals surface area contributed by atoms with Crippen molar-refractivity contribution in [2.24, 2.45) is 0 Å². The van der Waals surface area contributed by atoms with Crippen molar-refractivity contribution >= 4 is 12.2 Å². The standard InChI is InChI=1S/C16H15NO3/c1-17-16(19)13-7-4-5-12(9-13)11-20-15-8-3-2-6-14(15)10-18/h2-10H,11H2,1H3,(H,17,19). The van der Waals surface area contributed by atoms with Gasteiger partial charge in [-0.3, -0.25) is 9.59 Å². The van der Waals surface area contributed by atoms with Gasteiger partial charge in [0.25, 0.3) is 5.91 Å². The van der Waals surface area contributed by atoms with Crippen LogP contribution in [-0.2, 0) is 6.61 Å². The average Bonchev–Trinajstić information content (AvgIpc) is 2.52. The minimum Gasteiger partial charge on any atom is -0.488 e. The molecule has 20 heavy (non-hydrogen) atoms. The lowest BCUT2D eigenvalue weighted by Crippen LogP contribution is -2.17. The van der Waals surface area contributed by atoms with Gasteiger partial charge in [0.1, 0.15) is 12.4 Å². The molecule has 2 rings (SSSR count). The molecule has 0 aliphatic heterocycles. The maximum Gasteiger partial charge on any atom is 0.251 e. The number of ether oxygens (including phenoxy) is 1. The van der Waals surface area contributed by atoms with E-state index < -0.39 is 0 Å². The lowest BCUT2D eigenvalue weighted by atomic mass is 10.1. The smallest absolute Gasteiger partial charge is 0.251 e. The summed E-state index contributed by atoms with van der Waals surface area (Å²) in [4.78, 5) is 22.4. The maximum absolute atomic E-state index is 11.5. The number of hydrogen-bond acceptors (Lipinski definition) is 3. The fourth-order valence-electron chi connectivity index (χ4n) is 1.82. The van der Waals surface area contributed by atoms with Crippen LogP contribution in [0.1, 0.15) is 26.3 Å². The SMILES string of the molecule is CNC(=O)c1cccc(COc2ccccc2C=O)c1. The number of rotatable bonds is 5. The predicted molar refractivity (Wildman–Crippen MR) is 76.0 cm³/mol. The van der Waals surface area contributed by atoms with Crippen LogP contribution in [0.25, 0.3) is 0 Å². The van der Waals surface area contributed by atoms with Gasteiger partial charge >= 0.3 is 0 Å². The molecule has 0 radical (unpaired) electrons. The minimum absolute atomic E-state index is 0.139. The molecular formula is C16H15NO3. The van der Waals surface area contributed by atoms with E-state index in [1.165, 1.54) is 0 Å². The van der Waals surface area contributed by atoms with Crippen molar-refractivity contribution in [2.45, 2.75) is 6.61 Å². The van der Waals surface area contributed by atoms with Gasteiger partial charge in [0.05, 0.1) is 5.56 Å². The van der Waals surface area contributed by atoms with E-state index in [0.717, 1.165) is 11.8 Å². The average molecular weight is 269 g/mol. The first-order valence-electron chi connectivity index (χ1n) is 6.22. The van der Waals surface area contributed by atoms with Crippen LogP contribution < -0.4 is 10.1 Å². The zero-order valence-corrected chi connectivity index (χ0v) is 11.1. The van der Waals surface area contributed by atoms with Gasteiger partial charge in [-0.05, 0) is 29.8 Å². The summed E-state index contributed by atoms with van der Waals surface area (Å²) in [5, 5.41) is 2.57. The molecule has 0 spiro atoms. The van der Waals surface area contributed by atoms with Gasteiger partial charge < -0.3 is 10.1 Å². The Hall–Kier alpha value is -2.62. The van der Waals surface area contributed by atoms with E-state index in [-0.39, 0.29) is 5.91 Å². The summed E-state index contributed by atoms with van der Waals surface area (Å²) in [6, 6.07) is 14.2. The summed E-state index contributed by atoms with van der Waals surface area (Å²) in [6.07, 6.45) is 0.760. The van der Waals surface area contributed by atoms with Gasteiger partial charge in [-0.2, -0.15) is 0 Å². The first-order valence-corrected chi connectivity index (χ1v) is 6.22. The van der Waals surface area contributed by atoms with Crippen LogP contribution in [0, 0.1) is 0 Å². The van der Waals surface area contributed by atoms with Gasteiger partial charge in [0, 0.05) is 12.6 Å². The predicted octanol–water partition coefficient (Wildman–Crippen LogP) is 2.44. The van der Waals surface area contributed by atoms with E-state index in [1.54, 1.807) is 43.4 Å². The zero-order valence-electron chi connectivity index (χ0n) is 11.1. The van der Waals surface area contributed by atoms with Crippen LogP contribution in [0.3, 0.4) is 0 Å². The third-order valence-corrected chi connectivity index (χ3v) is 2.86. The van der Waals surface area contributed by atoms with Crippen LogP contribution in [0.2, 0.25) is 0 Å². The van der Waals surface area contributed by atoms with Crippen LogP contribution in [0.5, 0.6) is 5.75 Å². The monoisotopic (exact) mass is 269 g/mol. The van der Waals surface area contributed by atoms with Crippen LogP contribution in [0.4, 0.5) is 0 Å². The van der Waals surface area contributed by atoms with Gasteiger partial charge in [0.2, 0.25) is 0 Å². The number of carbonyl (C=O) groups is 2. The van der Waals surface area contributed by atoms with Gasteiger partial charge in [0.15, 0.2) is 6.29 Å². The molecule has 2 aromatic rings. The highest BCUT2D eigenvalue weighted by molar-refractivity contribution is 5.94. The molecule has 2 aromatic carbocycles. The molecule has 0 fully saturated rings. The molecule has 0 atom stereocenters. The second-order valence-corrected chi connectivity index (χ2v) is 4.22. The highest BCUT2D eigenvalue weighted by atomic mass is 16.5. The normalized spacial score (nSPS) is 9.85. The van der Waals surface area contributed by atoms with E-state index in [2.05, 4.69) is 5.32 Å². The van der Waals surface area contributed by atoms with Crippen LogP contribution in [-0.4, -0.2) is 19.2 Å². The lowest BCUT2D eigenvalue weighted by Gasteiger charge is -2.09. The van der Waals surface area contributed by atoms with Crippen LogP contribution >= 0.6 is 0 Å². The molecule has 0 aliphatic rings. The summed E-state index contributed by atoms with van der Waals surface area (Å²) in [5.74, 6) is 0.396. The maximum atomic E-state index is 11.5. The summed E-state index contributed by atoms with van der Waals surface area (Å²) in [6.45, 7) is 0.301. The number of amides is 1. The van der Waals surface area contributed by atoms with Crippen molar-refractivity contribution in [3.63, 3.8) is 0 Å². The van der Waals surface area contributed by atoms with Gasteiger partial charge in [-0.1, -0.05) is 24.3 Å². The minimum atomic E-state index is -0.139. The first-order chi connectivity index (χ1) is 9.74. The van der Waals surface area contributed by atoms with E-state index in [0.29, 0.717) is 23.5 Å². The van der Waals surface area contributed by atoms with E-state index >= 15 is 0 Å². The fraction of sp³-hybridized carbons (Fsp3) is 0.125. The highest BCUT2D eigenvalue weighted by Crippen LogP contribution is 2.17. The third kappa shape index (κ3) is 3.23. The van der Waals surface area contributed by atoms with Crippen molar-refractivity contribution in [1.82, 2.24) is 5.32 Å². The van der Waals surface area contributed by atoms with E-state index in [9.17, 15) is 9.59 Å². The molecule has 1 N–H and O–H groups in total. The Labute approximate surface area is 117 Å². The summed E-state index contributed by atoms with van der Waals surface area (Å²) in [7, 11) is 1.59. The molecule has 0 aromatic heterocycles. The molecule has 4 nitrogen and oxygen atoms in total. The molecule has 0 saturated heterocycles. The molecule has 4 heteroatoms. The van der Waals surface area contributed by atoms with Crippen molar-refractivity contribution in [1.29, 1.82) is 0 Å². The molecule has 102 valence electrons. The van der Waals surface area contributed by atoms with Crippen LogP contribution in [0.15, 0.2) is 48.5 Å². The second kappa shape index (κ2) is 6.52.